The number of ether oxygens (including phenoxy) is 1. The Balaban J connectivity index is 2.20. The molecule has 2 aromatic rings. The number of methoxy groups -OCH3 is 1. The van der Waals surface area contributed by atoms with Crippen molar-refractivity contribution in [2.24, 2.45) is 0 Å². The molecule has 0 fully saturated rings. The van der Waals surface area contributed by atoms with Crippen LogP contribution >= 0.6 is 0 Å². The molecule has 0 bridgehead atoms. The highest BCUT2D eigenvalue weighted by atomic mass is 16.5. The van der Waals surface area contributed by atoms with Crippen LogP contribution in [0, 0.1) is 13.8 Å². The van der Waals surface area contributed by atoms with Gasteiger partial charge >= 0.3 is 0 Å². The van der Waals surface area contributed by atoms with E-state index in [1.54, 1.807) is 7.11 Å². The van der Waals surface area contributed by atoms with Gasteiger partial charge in [0, 0.05) is 12.0 Å². The van der Waals surface area contributed by atoms with Gasteiger partial charge in [-0.15, -0.1) is 0 Å². The molecule has 0 N–H and O–H groups in total. The van der Waals surface area contributed by atoms with E-state index in [0.29, 0.717) is 6.42 Å². The van der Waals surface area contributed by atoms with E-state index in [1.165, 1.54) is 0 Å². The van der Waals surface area contributed by atoms with Crippen molar-refractivity contribution < 1.29 is 9.53 Å². The van der Waals surface area contributed by atoms with Gasteiger partial charge in [0.15, 0.2) is 5.78 Å². The number of benzene rings is 2. The lowest BCUT2D eigenvalue weighted by atomic mass is 9.99. The summed E-state index contributed by atoms with van der Waals surface area (Å²) >= 11 is 0. The van der Waals surface area contributed by atoms with Gasteiger partial charge < -0.3 is 4.74 Å². The van der Waals surface area contributed by atoms with Crippen LogP contribution in [0.25, 0.3) is 0 Å². The third-order valence-corrected chi connectivity index (χ3v) is 3.04. The zero-order chi connectivity index (χ0) is 13.8. The topological polar surface area (TPSA) is 26.3 Å². The smallest absolute Gasteiger partial charge is 0.167 e. The number of ketones is 1. The fraction of sp³-hybridized carbons (Fsp3) is 0.235. The van der Waals surface area contributed by atoms with E-state index in [0.717, 1.165) is 28.0 Å². The van der Waals surface area contributed by atoms with Crippen molar-refractivity contribution in [3.63, 3.8) is 0 Å². The van der Waals surface area contributed by atoms with E-state index in [9.17, 15) is 4.79 Å². The molecule has 0 saturated carbocycles. The SMILES string of the molecule is COc1cccc(CC(=O)c2cc(C)cc(C)c2)c1. The van der Waals surface area contributed by atoms with Gasteiger partial charge in [0.05, 0.1) is 7.11 Å². The summed E-state index contributed by atoms with van der Waals surface area (Å²) < 4.78 is 5.17. The Morgan fingerprint density at radius 3 is 2.37 bits per heavy atom. The molecule has 0 aliphatic carbocycles. The molecule has 2 rings (SSSR count). The minimum absolute atomic E-state index is 0.139. The molecule has 0 aliphatic heterocycles. The van der Waals surface area contributed by atoms with Crippen molar-refractivity contribution in [2.75, 3.05) is 7.11 Å². The zero-order valence-electron chi connectivity index (χ0n) is 11.6. The summed E-state index contributed by atoms with van der Waals surface area (Å²) in [4.78, 5) is 12.3. The molecule has 2 nitrogen and oxygen atoms in total. The molecule has 2 aromatic carbocycles. The van der Waals surface area contributed by atoms with E-state index < -0.39 is 0 Å². The standard InChI is InChI=1S/C17H18O2/c1-12-7-13(2)9-15(8-12)17(18)11-14-5-4-6-16(10-14)19-3/h4-10H,11H2,1-3H3. The Labute approximate surface area is 114 Å². The second-order valence-corrected chi connectivity index (χ2v) is 4.83. The Morgan fingerprint density at radius 1 is 1.05 bits per heavy atom. The molecular weight excluding hydrogens is 236 g/mol. The first-order valence-corrected chi connectivity index (χ1v) is 6.33. The number of Topliss-reactive ketones (excluding diaryl/α,β-unsaturated/α-hetero) is 1. The fourth-order valence-electron chi connectivity index (χ4n) is 2.21. The van der Waals surface area contributed by atoms with Crippen LogP contribution in [0.4, 0.5) is 0 Å². The summed E-state index contributed by atoms with van der Waals surface area (Å²) in [5, 5.41) is 0. The Hall–Kier alpha value is -2.09. The highest BCUT2D eigenvalue weighted by molar-refractivity contribution is 5.97. The summed E-state index contributed by atoms with van der Waals surface area (Å²) in [6.45, 7) is 4.02. The van der Waals surface area contributed by atoms with Gasteiger partial charge in [-0.25, -0.2) is 0 Å². The number of aryl methyl sites for hydroxylation is 2. The van der Waals surface area contributed by atoms with Gasteiger partial charge in [0.1, 0.15) is 5.75 Å². The molecule has 0 atom stereocenters. The molecule has 0 aliphatic rings. The van der Waals surface area contributed by atoms with Crippen molar-refractivity contribution in [2.45, 2.75) is 20.3 Å². The Kier molecular flexibility index (Phi) is 4.00. The maximum Gasteiger partial charge on any atom is 0.167 e. The number of hydrogen-bond donors (Lipinski definition) is 0. The molecule has 0 unspecified atom stereocenters. The molecule has 0 saturated heterocycles. The fourth-order valence-corrected chi connectivity index (χ4v) is 2.21. The third kappa shape index (κ3) is 3.44. The minimum atomic E-state index is 0.139. The number of rotatable bonds is 4. The van der Waals surface area contributed by atoms with Crippen LogP contribution in [0.15, 0.2) is 42.5 Å². The molecular formula is C17H18O2. The molecule has 0 aromatic heterocycles. The maximum atomic E-state index is 12.3. The summed E-state index contributed by atoms with van der Waals surface area (Å²) in [5.41, 5.74) is 3.99. The van der Waals surface area contributed by atoms with Crippen LogP contribution in [0.1, 0.15) is 27.0 Å². The largest absolute Gasteiger partial charge is 0.497 e. The van der Waals surface area contributed by atoms with Crippen LogP contribution < -0.4 is 4.74 Å². The molecule has 0 heterocycles. The van der Waals surface area contributed by atoms with Crippen LogP contribution in [0.3, 0.4) is 0 Å². The van der Waals surface area contributed by atoms with Gasteiger partial charge in [-0.05, 0) is 43.7 Å². The maximum absolute atomic E-state index is 12.3. The molecule has 19 heavy (non-hydrogen) atoms. The molecule has 98 valence electrons. The predicted octanol–water partition coefficient (Wildman–Crippen LogP) is 3.74. The first-order chi connectivity index (χ1) is 9.08. The normalized spacial score (nSPS) is 10.3. The third-order valence-electron chi connectivity index (χ3n) is 3.04. The number of carbonyl (C=O) groups is 1. The average Bonchev–Trinajstić information content (AvgIpc) is 2.37. The summed E-state index contributed by atoms with van der Waals surface area (Å²) in [5.74, 6) is 0.922. The van der Waals surface area contributed by atoms with E-state index in [4.69, 9.17) is 4.74 Å². The second kappa shape index (κ2) is 5.70. The zero-order valence-corrected chi connectivity index (χ0v) is 11.6. The second-order valence-electron chi connectivity index (χ2n) is 4.83. The van der Waals surface area contributed by atoms with Gasteiger partial charge in [-0.3, -0.25) is 4.79 Å². The van der Waals surface area contributed by atoms with Gasteiger partial charge in [-0.2, -0.15) is 0 Å². The van der Waals surface area contributed by atoms with Crippen molar-refractivity contribution in [1.29, 1.82) is 0 Å². The quantitative estimate of drug-likeness (QED) is 0.777. The lowest BCUT2D eigenvalue weighted by Crippen LogP contribution is -2.04. The van der Waals surface area contributed by atoms with E-state index >= 15 is 0 Å². The molecule has 0 radical (unpaired) electrons. The molecule has 0 amide bonds. The molecule has 0 spiro atoms. The first-order valence-electron chi connectivity index (χ1n) is 6.33. The average molecular weight is 254 g/mol. The summed E-state index contributed by atoms with van der Waals surface area (Å²) in [6.07, 6.45) is 0.403. The van der Waals surface area contributed by atoms with Crippen LogP contribution in [0.2, 0.25) is 0 Å². The van der Waals surface area contributed by atoms with Crippen LogP contribution in [-0.4, -0.2) is 12.9 Å². The van der Waals surface area contributed by atoms with Gasteiger partial charge in [0.2, 0.25) is 0 Å². The lowest BCUT2D eigenvalue weighted by Gasteiger charge is -2.06. The van der Waals surface area contributed by atoms with E-state index in [-0.39, 0.29) is 5.78 Å². The van der Waals surface area contributed by atoms with Crippen LogP contribution in [-0.2, 0) is 6.42 Å². The highest BCUT2D eigenvalue weighted by Gasteiger charge is 2.08. The van der Waals surface area contributed by atoms with Crippen molar-refractivity contribution in [3.8, 4) is 5.75 Å². The first kappa shape index (κ1) is 13.3. The van der Waals surface area contributed by atoms with Crippen molar-refractivity contribution >= 4 is 5.78 Å². The monoisotopic (exact) mass is 254 g/mol. The van der Waals surface area contributed by atoms with Crippen LogP contribution in [0.5, 0.6) is 5.75 Å². The summed E-state index contributed by atoms with van der Waals surface area (Å²) in [7, 11) is 1.63. The Morgan fingerprint density at radius 2 is 1.74 bits per heavy atom. The van der Waals surface area contributed by atoms with Crippen molar-refractivity contribution in [1.82, 2.24) is 0 Å². The molecule has 2 heteroatoms. The van der Waals surface area contributed by atoms with Gasteiger partial charge in [-0.1, -0.05) is 29.3 Å². The predicted molar refractivity (Wildman–Crippen MR) is 76.9 cm³/mol. The summed E-state index contributed by atoms with van der Waals surface area (Å²) in [6, 6.07) is 13.6. The van der Waals surface area contributed by atoms with Gasteiger partial charge in [0.25, 0.3) is 0 Å². The number of hydrogen-bond acceptors (Lipinski definition) is 2. The minimum Gasteiger partial charge on any atom is -0.497 e. The van der Waals surface area contributed by atoms with E-state index in [1.807, 2.05) is 50.2 Å². The van der Waals surface area contributed by atoms with E-state index in [2.05, 4.69) is 6.07 Å². The number of carbonyl (C=O) groups excluding carboxylic acids is 1. The lowest BCUT2D eigenvalue weighted by molar-refractivity contribution is 0.0993. The Bertz CT molecular complexity index is 580. The highest BCUT2D eigenvalue weighted by Crippen LogP contribution is 2.16. The van der Waals surface area contributed by atoms with Crippen molar-refractivity contribution in [3.05, 3.63) is 64.7 Å².